The quantitative estimate of drug-likeness (QED) is 0.619. The normalized spacial score (nSPS) is 10.6. The van der Waals surface area contributed by atoms with E-state index in [2.05, 4.69) is 0 Å². The van der Waals surface area contributed by atoms with Crippen LogP contribution in [0.1, 0.15) is 12.8 Å². The summed E-state index contributed by atoms with van der Waals surface area (Å²) in [7, 11) is 7.07. The van der Waals surface area contributed by atoms with Crippen LogP contribution >= 0.6 is 0 Å². The molecule has 6 heteroatoms. The molecular formula is C12H26N4O2. The molecule has 0 radical (unpaired) electrons. The number of likely N-dealkylation sites (N-methyl/N-ethyl adjacent to an activating group) is 2. The van der Waals surface area contributed by atoms with Crippen LogP contribution in [0.25, 0.3) is 0 Å². The van der Waals surface area contributed by atoms with E-state index in [0.29, 0.717) is 32.6 Å². The van der Waals surface area contributed by atoms with Crippen LogP contribution < -0.4 is 5.73 Å². The Morgan fingerprint density at radius 2 is 1.61 bits per heavy atom. The van der Waals surface area contributed by atoms with E-state index >= 15 is 0 Å². The highest BCUT2D eigenvalue weighted by Crippen LogP contribution is 1.96. The van der Waals surface area contributed by atoms with Gasteiger partial charge in [0.25, 0.3) is 0 Å². The molecule has 0 aliphatic heterocycles. The van der Waals surface area contributed by atoms with Crippen molar-refractivity contribution in [1.29, 1.82) is 0 Å². The van der Waals surface area contributed by atoms with Crippen molar-refractivity contribution in [3.8, 4) is 0 Å². The molecule has 18 heavy (non-hydrogen) atoms. The fraction of sp³-hybridized carbons (Fsp3) is 0.833. The molecular weight excluding hydrogens is 232 g/mol. The van der Waals surface area contributed by atoms with Gasteiger partial charge >= 0.3 is 0 Å². The van der Waals surface area contributed by atoms with E-state index in [1.54, 1.807) is 30.9 Å². The maximum atomic E-state index is 11.7. The topological polar surface area (TPSA) is 69.9 Å². The van der Waals surface area contributed by atoms with E-state index in [1.807, 2.05) is 11.9 Å². The Morgan fingerprint density at radius 3 is 2.11 bits per heavy atom. The van der Waals surface area contributed by atoms with E-state index < -0.39 is 0 Å². The fourth-order valence-electron chi connectivity index (χ4n) is 1.38. The zero-order valence-electron chi connectivity index (χ0n) is 12.0. The number of nitrogens with zero attached hydrogens (tertiary/aromatic N) is 3. The van der Waals surface area contributed by atoms with Crippen LogP contribution in [0, 0.1) is 0 Å². The molecule has 0 aromatic heterocycles. The van der Waals surface area contributed by atoms with Gasteiger partial charge in [0.2, 0.25) is 11.8 Å². The van der Waals surface area contributed by atoms with Crippen molar-refractivity contribution < 1.29 is 9.59 Å². The summed E-state index contributed by atoms with van der Waals surface area (Å²) in [4.78, 5) is 28.3. The lowest BCUT2D eigenvalue weighted by Crippen LogP contribution is -2.37. The van der Waals surface area contributed by atoms with Crippen molar-refractivity contribution in [2.75, 3.05) is 54.4 Å². The van der Waals surface area contributed by atoms with E-state index in [9.17, 15) is 9.59 Å². The number of rotatable bonds is 8. The summed E-state index contributed by atoms with van der Waals surface area (Å²) in [5.74, 6) is 0.133. The van der Waals surface area contributed by atoms with Crippen molar-refractivity contribution >= 4 is 11.8 Å². The van der Waals surface area contributed by atoms with Gasteiger partial charge in [-0.1, -0.05) is 0 Å². The minimum absolute atomic E-state index is 0.0430. The first kappa shape index (κ1) is 16.9. The monoisotopic (exact) mass is 258 g/mol. The predicted octanol–water partition coefficient (Wildman–Crippen LogP) is -0.796. The molecule has 0 bridgehead atoms. The zero-order chi connectivity index (χ0) is 14.1. The van der Waals surface area contributed by atoms with Crippen LogP contribution in [0.3, 0.4) is 0 Å². The summed E-state index contributed by atoms with van der Waals surface area (Å²) < 4.78 is 0. The summed E-state index contributed by atoms with van der Waals surface area (Å²) in [6, 6.07) is 0. The second-order valence-corrected chi connectivity index (χ2v) is 4.73. The SMILES string of the molecule is CN(CCC(=O)N(C)CCCN)CC(=O)N(C)C. The molecule has 0 rings (SSSR count). The number of nitrogens with two attached hydrogens (primary N) is 1. The van der Waals surface area contributed by atoms with Crippen LogP contribution in [0.4, 0.5) is 0 Å². The van der Waals surface area contributed by atoms with Gasteiger partial charge in [-0.15, -0.1) is 0 Å². The highest BCUT2D eigenvalue weighted by atomic mass is 16.2. The molecule has 2 amide bonds. The highest BCUT2D eigenvalue weighted by molar-refractivity contribution is 5.78. The van der Waals surface area contributed by atoms with E-state index in [0.717, 1.165) is 6.42 Å². The molecule has 2 N–H and O–H groups in total. The summed E-state index contributed by atoms with van der Waals surface area (Å²) in [6.07, 6.45) is 1.25. The Labute approximate surface area is 110 Å². The van der Waals surface area contributed by atoms with Gasteiger partial charge in [-0.25, -0.2) is 0 Å². The lowest BCUT2D eigenvalue weighted by atomic mass is 10.3. The van der Waals surface area contributed by atoms with Crippen LogP contribution in [0.2, 0.25) is 0 Å². The van der Waals surface area contributed by atoms with Crippen molar-refractivity contribution in [2.45, 2.75) is 12.8 Å². The molecule has 0 aromatic rings. The molecule has 0 saturated carbocycles. The Hall–Kier alpha value is -1.14. The summed E-state index contributed by atoms with van der Waals surface area (Å²) >= 11 is 0. The second kappa shape index (κ2) is 8.88. The first-order valence-corrected chi connectivity index (χ1v) is 6.21. The molecule has 0 fully saturated rings. The van der Waals surface area contributed by atoms with Gasteiger partial charge < -0.3 is 15.5 Å². The van der Waals surface area contributed by atoms with Gasteiger partial charge in [0.15, 0.2) is 0 Å². The Balaban J connectivity index is 3.87. The van der Waals surface area contributed by atoms with Gasteiger partial charge in [0, 0.05) is 40.7 Å². The molecule has 0 aliphatic rings. The number of hydrogen-bond acceptors (Lipinski definition) is 4. The number of carbonyl (C=O) groups is 2. The molecule has 0 spiro atoms. The van der Waals surface area contributed by atoms with Crippen molar-refractivity contribution in [3.05, 3.63) is 0 Å². The largest absolute Gasteiger partial charge is 0.348 e. The number of carbonyl (C=O) groups excluding carboxylic acids is 2. The predicted molar refractivity (Wildman–Crippen MR) is 72.1 cm³/mol. The summed E-state index contributed by atoms with van der Waals surface area (Å²) in [5, 5.41) is 0. The van der Waals surface area contributed by atoms with Gasteiger partial charge in [-0.3, -0.25) is 14.5 Å². The Morgan fingerprint density at radius 1 is 1.00 bits per heavy atom. The summed E-state index contributed by atoms with van der Waals surface area (Å²) in [5.41, 5.74) is 5.39. The van der Waals surface area contributed by atoms with E-state index in [4.69, 9.17) is 5.73 Å². The average molecular weight is 258 g/mol. The smallest absolute Gasteiger partial charge is 0.236 e. The van der Waals surface area contributed by atoms with Crippen LogP contribution in [0.5, 0.6) is 0 Å². The lowest BCUT2D eigenvalue weighted by molar-refractivity contribution is -0.132. The van der Waals surface area contributed by atoms with Gasteiger partial charge in [-0.05, 0) is 20.0 Å². The average Bonchev–Trinajstić information content (AvgIpc) is 2.32. The Bertz CT molecular complexity index is 269. The van der Waals surface area contributed by atoms with Crippen molar-refractivity contribution in [2.24, 2.45) is 5.73 Å². The lowest BCUT2D eigenvalue weighted by Gasteiger charge is -2.21. The molecule has 0 atom stereocenters. The van der Waals surface area contributed by atoms with Crippen LogP contribution in [-0.2, 0) is 9.59 Å². The first-order chi connectivity index (χ1) is 8.38. The maximum Gasteiger partial charge on any atom is 0.236 e. The number of hydrogen-bond donors (Lipinski definition) is 1. The van der Waals surface area contributed by atoms with Crippen molar-refractivity contribution in [1.82, 2.24) is 14.7 Å². The van der Waals surface area contributed by atoms with E-state index in [-0.39, 0.29) is 11.8 Å². The van der Waals surface area contributed by atoms with Gasteiger partial charge in [0.1, 0.15) is 0 Å². The molecule has 0 saturated heterocycles. The molecule has 0 aromatic carbocycles. The maximum absolute atomic E-state index is 11.7. The van der Waals surface area contributed by atoms with Gasteiger partial charge in [-0.2, -0.15) is 0 Å². The van der Waals surface area contributed by atoms with Crippen LogP contribution in [-0.4, -0.2) is 80.9 Å². The molecule has 106 valence electrons. The number of amides is 2. The second-order valence-electron chi connectivity index (χ2n) is 4.73. The summed E-state index contributed by atoms with van der Waals surface area (Å²) in [6.45, 7) is 2.21. The molecule has 6 nitrogen and oxygen atoms in total. The standard InChI is InChI=1S/C12H26N4O2/c1-14(2)12(18)10-15(3)9-6-11(17)16(4)8-5-7-13/h5-10,13H2,1-4H3. The molecule has 0 aliphatic carbocycles. The Kier molecular flexibility index (Phi) is 8.32. The third-order valence-corrected chi connectivity index (χ3v) is 2.73. The van der Waals surface area contributed by atoms with Crippen LogP contribution in [0.15, 0.2) is 0 Å². The van der Waals surface area contributed by atoms with Gasteiger partial charge in [0.05, 0.1) is 6.54 Å². The van der Waals surface area contributed by atoms with E-state index in [1.165, 1.54) is 0 Å². The fourth-order valence-corrected chi connectivity index (χ4v) is 1.38. The third kappa shape index (κ3) is 7.24. The third-order valence-electron chi connectivity index (χ3n) is 2.73. The first-order valence-electron chi connectivity index (χ1n) is 6.21. The highest BCUT2D eigenvalue weighted by Gasteiger charge is 2.12. The minimum atomic E-state index is 0.0430. The molecule has 0 unspecified atom stereocenters. The van der Waals surface area contributed by atoms with Crippen molar-refractivity contribution in [3.63, 3.8) is 0 Å². The molecule has 0 heterocycles. The minimum Gasteiger partial charge on any atom is -0.348 e. The zero-order valence-corrected chi connectivity index (χ0v) is 12.0.